The maximum Gasteiger partial charge on any atom is 0.143 e. The quantitative estimate of drug-likeness (QED) is 0.706. The monoisotopic (exact) mass is 169 g/mol. The first kappa shape index (κ1) is 8.11. The van der Waals surface area contributed by atoms with Gasteiger partial charge in [-0.3, -0.25) is 0 Å². The van der Waals surface area contributed by atoms with E-state index in [1.807, 2.05) is 6.07 Å². The van der Waals surface area contributed by atoms with E-state index in [2.05, 4.69) is 10.2 Å². The Morgan fingerprint density at radius 2 is 2.45 bits per heavy atom. The van der Waals surface area contributed by atoms with E-state index in [0.717, 1.165) is 0 Å². The smallest absolute Gasteiger partial charge is 0.143 e. The van der Waals surface area contributed by atoms with Crippen molar-refractivity contribution in [3.05, 3.63) is 10.0 Å². The van der Waals surface area contributed by atoms with E-state index in [1.165, 1.54) is 11.3 Å². The first-order chi connectivity index (χ1) is 5.27. The van der Waals surface area contributed by atoms with Crippen molar-refractivity contribution in [2.24, 2.45) is 0 Å². The van der Waals surface area contributed by atoms with Crippen LogP contribution in [-0.2, 0) is 6.61 Å². The van der Waals surface area contributed by atoms with Gasteiger partial charge < -0.3 is 5.11 Å². The molecule has 0 radical (unpaired) electrons. The molecule has 1 aromatic heterocycles. The van der Waals surface area contributed by atoms with Crippen LogP contribution in [0.2, 0.25) is 0 Å². The van der Waals surface area contributed by atoms with Crippen LogP contribution >= 0.6 is 11.3 Å². The van der Waals surface area contributed by atoms with Gasteiger partial charge in [0.15, 0.2) is 0 Å². The van der Waals surface area contributed by atoms with Crippen molar-refractivity contribution in [3.8, 4) is 6.07 Å². The summed E-state index contributed by atoms with van der Waals surface area (Å²) in [6.07, 6.45) is 0. The average molecular weight is 169 g/mol. The maximum atomic E-state index is 8.63. The van der Waals surface area contributed by atoms with Gasteiger partial charge in [0, 0.05) is 0 Å². The molecule has 5 heteroatoms. The van der Waals surface area contributed by atoms with Gasteiger partial charge in [-0.15, -0.1) is 10.2 Å². The van der Waals surface area contributed by atoms with Crippen molar-refractivity contribution in [2.45, 2.75) is 19.4 Å². The molecular formula is C6H7N3OS. The van der Waals surface area contributed by atoms with Crippen LogP contribution in [0.5, 0.6) is 0 Å². The summed E-state index contributed by atoms with van der Waals surface area (Å²) in [5.74, 6) is -0.229. The van der Waals surface area contributed by atoms with E-state index in [4.69, 9.17) is 10.4 Å². The Labute approximate surface area is 68.1 Å². The number of nitrogens with zero attached hydrogens (tertiary/aromatic N) is 3. The highest BCUT2D eigenvalue weighted by Crippen LogP contribution is 2.18. The lowest BCUT2D eigenvalue weighted by Crippen LogP contribution is -1.86. The number of hydrogen-bond donors (Lipinski definition) is 1. The zero-order chi connectivity index (χ0) is 8.27. The van der Waals surface area contributed by atoms with Gasteiger partial charge in [0.25, 0.3) is 0 Å². The molecule has 0 saturated heterocycles. The third-order valence-electron chi connectivity index (χ3n) is 1.18. The summed E-state index contributed by atoms with van der Waals surface area (Å²) in [5, 5.41) is 25.8. The van der Waals surface area contributed by atoms with Crippen LogP contribution < -0.4 is 0 Å². The van der Waals surface area contributed by atoms with Gasteiger partial charge in [0.05, 0.1) is 18.6 Å². The highest BCUT2D eigenvalue weighted by Gasteiger charge is 2.09. The molecule has 11 heavy (non-hydrogen) atoms. The standard InChI is InChI=1S/C6H7N3OS/c1-4(2-7)6-9-8-5(3-10)11-6/h4,10H,3H2,1H3. The fourth-order valence-corrected chi connectivity index (χ4v) is 1.26. The van der Waals surface area contributed by atoms with Crippen molar-refractivity contribution < 1.29 is 5.11 Å². The van der Waals surface area contributed by atoms with E-state index in [-0.39, 0.29) is 12.5 Å². The van der Waals surface area contributed by atoms with Gasteiger partial charge >= 0.3 is 0 Å². The minimum Gasteiger partial charge on any atom is -0.389 e. The molecule has 1 N–H and O–H groups in total. The Balaban J connectivity index is 2.82. The normalized spacial score (nSPS) is 12.5. The first-order valence-electron chi connectivity index (χ1n) is 3.10. The summed E-state index contributed by atoms with van der Waals surface area (Å²) in [7, 11) is 0. The second-order valence-corrected chi connectivity index (χ2v) is 3.14. The molecule has 0 aliphatic rings. The van der Waals surface area contributed by atoms with Gasteiger partial charge in [-0.05, 0) is 6.92 Å². The van der Waals surface area contributed by atoms with Crippen molar-refractivity contribution in [3.63, 3.8) is 0 Å². The van der Waals surface area contributed by atoms with E-state index in [1.54, 1.807) is 6.92 Å². The molecule has 1 aromatic rings. The van der Waals surface area contributed by atoms with Gasteiger partial charge in [0.2, 0.25) is 0 Å². The zero-order valence-corrected chi connectivity index (χ0v) is 6.80. The molecule has 0 bridgehead atoms. The Kier molecular flexibility index (Phi) is 2.52. The Morgan fingerprint density at radius 1 is 1.73 bits per heavy atom. The van der Waals surface area contributed by atoms with Gasteiger partial charge in [0.1, 0.15) is 10.0 Å². The average Bonchev–Trinajstić information content (AvgIpc) is 2.50. The Bertz CT molecular complexity index is 278. The Morgan fingerprint density at radius 3 is 2.91 bits per heavy atom. The second kappa shape index (κ2) is 3.42. The molecule has 0 saturated carbocycles. The van der Waals surface area contributed by atoms with E-state index in [9.17, 15) is 0 Å². The Hall–Kier alpha value is -0.990. The highest BCUT2D eigenvalue weighted by molar-refractivity contribution is 7.11. The summed E-state index contributed by atoms with van der Waals surface area (Å²) < 4.78 is 0. The van der Waals surface area contributed by atoms with Crippen molar-refractivity contribution in [2.75, 3.05) is 0 Å². The van der Waals surface area contributed by atoms with Crippen LogP contribution in [0.15, 0.2) is 0 Å². The molecular weight excluding hydrogens is 162 g/mol. The maximum absolute atomic E-state index is 8.63. The number of aliphatic hydroxyl groups is 1. The number of aliphatic hydroxyl groups excluding tert-OH is 1. The lowest BCUT2D eigenvalue weighted by molar-refractivity contribution is 0.280. The highest BCUT2D eigenvalue weighted by atomic mass is 32.1. The predicted octanol–water partition coefficient (Wildman–Crippen LogP) is 0.657. The largest absolute Gasteiger partial charge is 0.389 e. The summed E-state index contributed by atoms with van der Waals surface area (Å²) in [6.45, 7) is 1.65. The third kappa shape index (κ3) is 1.73. The molecule has 0 amide bonds. The fraction of sp³-hybridized carbons (Fsp3) is 0.500. The molecule has 58 valence electrons. The van der Waals surface area contributed by atoms with Gasteiger partial charge in [-0.25, -0.2) is 0 Å². The van der Waals surface area contributed by atoms with E-state index in [0.29, 0.717) is 10.0 Å². The van der Waals surface area contributed by atoms with Crippen LogP contribution in [0.1, 0.15) is 22.9 Å². The number of hydrogen-bond acceptors (Lipinski definition) is 5. The van der Waals surface area contributed by atoms with Crippen molar-refractivity contribution in [1.82, 2.24) is 10.2 Å². The molecule has 0 aliphatic heterocycles. The molecule has 0 fully saturated rings. The number of nitriles is 1. The van der Waals surface area contributed by atoms with Gasteiger partial charge in [-0.2, -0.15) is 5.26 Å². The SMILES string of the molecule is CC(C#N)c1nnc(CO)s1. The lowest BCUT2D eigenvalue weighted by Gasteiger charge is -1.89. The summed E-state index contributed by atoms with van der Waals surface area (Å²) >= 11 is 1.27. The minimum absolute atomic E-state index is 0.101. The molecule has 4 nitrogen and oxygen atoms in total. The molecule has 1 rings (SSSR count). The lowest BCUT2D eigenvalue weighted by atomic mass is 10.2. The molecule has 0 spiro atoms. The molecule has 0 aliphatic carbocycles. The van der Waals surface area contributed by atoms with E-state index < -0.39 is 0 Å². The number of rotatable bonds is 2. The molecule has 0 aromatic carbocycles. The number of aromatic nitrogens is 2. The topological polar surface area (TPSA) is 69.8 Å². The second-order valence-electron chi connectivity index (χ2n) is 2.04. The van der Waals surface area contributed by atoms with Crippen LogP contribution in [0.3, 0.4) is 0 Å². The van der Waals surface area contributed by atoms with Crippen LogP contribution in [0, 0.1) is 11.3 Å². The molecule has 1 heterocycles. The third-order valence-corrected chi connectivity index (χ3v) is 2.27. The predicted molar refractivity (Wildman–Crippen MR) is 39.9 cm³/mol. The van der Waals surface area contributed by atoms with Gasteiger partial charge in [-0.1, -0.05) is 11.3 Å². The summed E-state index contributed by atoms with van der Waals surface area (Å²) in [6, 6.07) is 2.04. The first-order valence-corrected chi connectivity index (χ1v) is 3.92. The van der Waals surface area contributed by atoms with E-state index >= 15 is 0 Å². The fourth-order valence-electron chi connectivity index (χ4n) is 0.561. The summed E-state index contributed by atoms with van der Waals surface area (Å²) in [5.41, 5.74) is 0. The van der Waals surface area contributed by atoms with Crippen LogP contribution in [0.25, 0.3) is 0 Å². The van der Waals surface area contributed by atoms with Crippen molar-refractivity contribution in [1.29, 1.82) is 5.26 Å². The zero-order valence-electron chi connectivity index (χ0n) is 5.98. The molecule has 1 unspecified atom stereocenters. The minimum atomic E-state index is -0.229. The van der Waals surface area contributed by atoms with Crippen molar-refractivity contribution >= 4 is 11.3 Å². The van der Waals surface area contributed by atoms with Crippen LogP contribution in [0.4, 0.5) is 0 Å². The molecule has 1 atom stereocenters. The summed E-state index contributed by atoms with van der Waals surface area (Å²) in [4.78, 5) is 0. The van der Waals surface area contributed by atoms with Crippen LogP contribution in [-0.4, -0.2) is 15.3 Å².